The summed E-state index contributed by atoms with van der Waals surface area (Å²) in [5, 5.41) is 0. The Labute approximate surface area is 76.4 Å². The number of aromatic nitrogens is 1. The molecule has 3 nitrogen and oxygen atoms in total. The Morgan fingerprint density at radius 2 is 2.33 bits per heavy atom. The fourth-order valence-corrected chi connectivity index (χ4v) is 1.21. The topological polar surface area (TPSA) is 30.2 Å². The van der Waals surface area contributed by atoms with Crippen molar-refractivity contribution in [2.24, 2.45) is 7.05 Å². The first kappa shape index (κ1) is 9.06. The van der Waals surface area contributed by atoms with Gasteiger partial charge in [-0.05, 0) is 0 Å². The number of esters is 1. The largest absolute Gasteiger partial charge is 0.465 e. The molecule has 0 aromatic carbocycles. The average molecular weight is 184 g/mol. The van der Waals surface area contributed by atoms with Gasteiger partial charge in [-0.15, -0.1) is 12.6 Å². The van der Waals surface area contributed by atoms with Crippen molar-refractivity contribution in [2.45, 2.75) is 4.90 Å². The van der Waals surface area contributed by atoms with Gasteiger partial charge in [-0.2, -0.15) is 0 Å². The van der Waals surface area contributed by atoms with E-state index < -0.39 is 0 Å². The van der Waals surface area contributed by atoms with Crippen molar-refractivity contribution in [3.05, 3.63) is 24.0 Å². The lowest BCUT2D eigenvalue weighted by atomic mass is 10.3. The van der Waals surface area contributed by atoms with E-state index in [1.807, 2.05) is 11.6 Å². The van der Waals surface area contributed by atoms with Crippen LogP contribution in [-0.2, 0) is 11.8 Å². The molecule has 0 aliphatic heterocycles. The van der Waals surface area contributed by atoms with Crippen LogP contribution < -0.4 is 4.57 Å². The number of aryl methyl sites for hydroxylation is 1. The van der Waals surface area contributed by atoms with E-state index in [1.54, 1.807) is 18.5 Å². The molecule has 0 fully saturated rings. The fourth-order valence-electron chi connectivity index (χ4n) is 0.866. The lowest BCUT2D eigenvalue weighted by Gasteiger charge is -1.99. The zero-order valence-corrected chi connectivity index (χ0v) is 7.84. The van der Waals surface area contributed by atoms with Crippen molar-refractivity contribution < 1.29 is 14.1 Å². The second-order valence-electron chi connectivity index (χ2n) is 2.40. The molecule has 0 atom stereocenters. The number of thiol groups is 1. The first-order chi connectivity index (χ1) is 5.65. The molecule has 1 aromatic heterocycles. The predicted octanol–water partition coefficient (Wildman–Crippen LogP) is 0.586. The minimum absolute atomic E-state index is 0.361. The monoisotopic (exact) mass is 184 g/mol. The van der Waals surface area contributed by atoms with Crippen LogP contribution >= 0.6 is 12.6 Å². The first-order valence-electron chi connectivity index (χ1n) is 3.41. The summed E-state index contributed by atoms with van der Waals surface area (Å²) in [6.45, 7) is 0. The number of carbonyl (C=O) groups is 1. The predicted molar refractivity (Wildman–Crippen MR) is 46.2 cm³/mol. The lowest BCUT2D eigenvalue weighted by Crippen LogP contribution is -2.27. The van der Waals surface area contributed by atoms with Crippen LogP contribution in [0.4, 0.5) is 0 Å². The Hall–Kier alpha value is -1.03. The number of hydrogen-bond acceptors (Lipinski definition) is 3. The summed E-state index contributed by atoms with van der Waals surface area (Å²) in [5.41, 5.74) is 0.485. The summed E-state index contributed by atoms with van der Waals surface area (Å²) in [5.74, 6) is -0.361. The Bertz CT molecular complexity index is 312. The molecule has 0 saturated heterocycles. The van der Waals surface area contributed by atoms with Crippen LogP contribution in [0.25, 0.3) is 0 Å². The van der Waals surface area contributed by atoms with Crippen molar-refractivity contribution in [1.29, 1.82) is 0 Å². The van der Waals surface area contributed by atoms with E-state index in [0.717, 1.165) is 0 Å². The molecular weight excluding hydrogens is 174 g/mol. The molecule has 0 spiro atoms. The van der Waals surface area contributed by atoms with Gasteiger partial charge in [0.1, 0.15) is 7.05 Å². The summed E-state index contributed by atoms with van der Waals surface area (Å²) in [6.07, 6.45) is 3.52. The second kappa shape index (κ2) is 3.58. The third kappa shape index (κ3) is 1.76. The van der Waals surface area contributed by atoms with E-state index in [4.69, 9.17) is 0 Å². The van der Waals surface area contributed by atoms with Crippen LogP contribution in [0.2, 0.25) is 0 Å². The van der Waals surface area contributed by atoms with E-state index in [0.29, 0.717) is 10.5 Å². The smallest absolute Gasteiger partial charge is 0.339 e. The molecule has 0 unspecified atom stereocenters. The first-order valence-corrected chi connectivity index (χ1v) is 3.86. The molecule has 1 aromatic rings. The third-order valence-electron chi connectivity index (χ3n) is 1.48. The van der Waals surface area contributed by atoms with Gasteiger partial charge in [0.25, 0.3) is 0 Å². The number of hydrogen-bond donors (Lipinski definition) is 1. The van der Waals surface area contributed by atoms with Crippen molar-refractivity contribution in [3.8, 4) is 0 Å². The molecule has 0 saturated carbocycles. The Morgan fingerprint density at radius 1 is 1.67 bits per heavy atom. The van der Waals surface area contributed by atoms with Crippen LogP contribution in [0, 0.1) is 0 Å². The van der Waals surface area contributed by atoms with Gasteiger partial charge >= 0.3 is 5.97 Å². The molecule has 0 N–H and O–H groups in total. The van der Waals surface area contributed by atoms with Crippen LogP contribution in [0.1, 0.15) is 10.4 Å². The van der Waals surface area contributed by atoms with Crippen molar-refractivity contribution in [1.82, 2.24) is 0 Å². The summed E-state index contributed by atoms with van der Waals surface area (Å²) >= 11 is 4.14. The summed E-state index contributed by atoms with van der Waals surface area (Å²) in [4.78, 5) is 11.7. The minimum atomic E-state index is -0.361. The Balaban J connectivity index is 3.09. The van der Waals surface area contributed by atoms with Gasteiger partial charge < -0.3 is 4.74 Å². The van der Waals surface area contributed by atoms with Crippen molar-refractivity contribution >= 4 is 18.6 Å². The van der Waals surface area contributed by atoms with Crippen LogP contribution in [0.15, 0.2) is 23.4 Å². The van der Waals surface area contributed by atoms with Crippen LogP contribution in [0.3, 0.4) is 0 Å². The van der Waals surface area contributed by atoms with Gasteiger partial charge in [0.2, 0.25) is 0 Å². The maximum absolute atomic E-state index is 11.1. The van der Waals surface area contributed by atoms with E-state index in [1.165, 1.54) is 7.11 Å². The molecule has 64 valence electrons. The SMILES string of the molecule is COC(=O)c1cc[n+](C)cc1S. The molecule has 0 amide bonds. The minimum Gasteiger partial charge on any atom is -0.465 e. The van der Waals surface area contributed by atoms with Crippen molar-refractivity contribution in [3.63, 3.8) is 0 Å². The molecule has 1 heterocycles. The molecule has 0 bridgehead atoms. The van der Waals surface area contributed by atoms with E-state index in [2.05, 4.69) is 17.4 Å². The second-order valence-corrected chi connectivity index (χ2v) is 2.88. The normalized spacial score (nSPS) is 9.58. The van der Waals surface area contributed by atoms with Gasteiger partial charge in [-0.1, -0.05) is 0 Å². The third-order valence-corrected chi connectivity index (χ3v) is 1.84. The maximum Gasteiger partial charge on any atom is 0.339 e. The van der Waals surface area contributed by atoms with Crippen LogP contribution in [0.5, 0.6) is 0 Å². The Kier molecular flexibility index (Phi) is 2.70. The highest BCUT2D eigenvalue weighted by Crippen LogP contribution is 2.10. The number of carbonyl (C=O) groups excluding carboxylic acids is 1. The van der Waals surface area contributed by atoms with E-state index >= 15 is 0 Å². The van der Waals surface area contributed by atoms with Gasteiger partial charge in [0.05, 0.1) is 17.6 Å². The highest BCUT2D eigenvalue weighted by Gasteiger charge is 2.11. The molecule has 0 aliphatic carbocycles. The number of ether oxygens (including phenoxy) is 1. The average Bonchev–Trinajstić information content (AvgIpc) is 2.03. The van der Waals surface area contributed by atoms with Crippen LogP contribution in [-0.4, -0.2) is 13.1 Å². The van der Waals surface area contributed by atoms with Gasteiger partial charge in [0, 0.05) is 6.07 Å². The molecule has 0 radical (unpaired) electrons. The standard InChI is InChI=1S/C8H9NO2S/c1-9-4-3-6(7(12)5-9)8(10)11-2/h3-5H,1-2H3/p+1. The maximum atomic E-state index is 11.1. The highest BCUT2D eigenvalue weighted by atomic mass is 32.1. The fraction of sp³-hybridized carbons (Fsp3) is 0.250. The zero-order chi connectivity index (χ0) is 9.14. The van der Waals surface area contributed by atoms with Crippen molar-refractivity contribution in [2.75, 3.05) is 7.11 Å². The van der Waals surface area contributed by atoms with Gasteiger partial charge in [-0.3, -0.25) is 0 Å². The number of methoxy groups -OCH3 is 1. The molecule has 0 aliphatic rings. The molecule has 12 heavy (non-hydrogen) atoms. The summed E-state index contributed by atoms with van der Waals surface area (Å²) in [6, 6.07) is 1.67. The van der Waals surface area contributed by atoms with Gasteiger partial charge in [-0.25, -0.2) is 9.36 Å². The number of rotatable bonds is 1. The summed E-state index contributed by atoms with van der Waals surface area (Å²) in [7, 11) is 3.21. The quantitative estimate of drug-likeness (QED) is 0.393. The number of nitrogens with zero attached hydrogens (tertiary/aromatic N) is 1. The summed E-state index contributed by atoms with van der Waals surface area (Å²) < 4.78 is 6.37. The van der Waals surface area contributed by atoms with E-state index in [-0.39, 0.29) is 5.97 Å². The Morgan fingerprint density at radius 3 is 2.83 bits per heavy atom. The molecule has 1 rings (SSSR count). The van der Waals surface area contributed by atoms with E-state index in [9.17, 15) is 4.79 Å². The lowest BCUT2D eigenvalue weighted by molar-refractivity contribution is -0.673. The zero-order valence-electron chi connectivity index (χ0n) is 6.94. The number of pyridine rings is 1. The highest BCUT2D eigenvalue weighted by molar-refractivity contribution is 7.80. The molecule has 4 heteroatoms. The van der Waals surface area contributed by atoms with Gasteiger partial charge in [0.15, 0.2) is 12.4 Å². The molecular formula is C8H10NO2S+.